The molecule has 144 valence electrons. The van der Waals surface area contributed by atoms with Crippen molar-refractivity contribution in [2.24, 2.45) is 0 Å². The van der Waals surface area contributed by atoms with Gasteiger partial charge in [0.15, 0.2) is 0 Å². The lowest BCUT2D eigenvalue weighted by Gasteiger charge is -2.37. The van der Waals surface area contributed by atoms with E-state index in [4.69, 9.17) is 0 Å². The number of hydrogen-bond acceptors (Lipinski definition) is 4. The fraction of sp³-hybridized carbons (Fsp3) is 0.500. The summed E-state index contributed by atoms with van der Waals surface area (Å²) in [7, 11) is 0. The van der Waals surface area contributed by atoms with E-state index in [2.05, 4.69) is 26.4 Å². The Morgan fingerprint density at radius 2 is 1.88 bits per heavy atom. The number of rotatable bonds is 7. The number of halogens is 3. The van der Waals surface area contributed by atoms with Gasteiger partial charge in [-0.2, -0.15) is 0 Å². The maximum atomic E-state index is 12.2. The Morgan fingerprint density at radius 3 is 2.42 bits per heavy atom. The van der Waals surface area contributed by atoms with Crippen molar-refractivity contribution in [3.63, 3.8) is 0 Å². The third kappa shape index (κ3) is 6.34. The van der Waals surface area contributed by atoms with E-state index in [-0.39, 0.29) is 17.7 Å². The molecule has 26 heavy (non-hydrogen) atoms. The topological polar surface area (TPSA) is 44.8 Å². The zero-order valence-electron chi connectivity index (χ0n) is 14.8. The van der Waals surface area contributed by atoms with Gasteiger partial charge in [-0.3, -0.25) is 14.6 Å². The Hall–Kier alpha value is -2.06. The fourth-order valence-corrected chi connectivity index (χ4v) is 2.85. The molecule has 8 heteroatoms. The van der Waals surface area contributed by atoms with Gasteiger partial charge < -0.3 is 10.1 Å². The number of piperazine rings is 1. The molecule has 0 aliphatic carbocycles. The number of nitrogens with one attached hydrogen (secondary N) is 1. The molecule has 2 rings (SSSR count). The van der Waals surface area contributed by atoms with E-state index in [0.717, 1.165) is 31.7 Å². The number of carbonyl (C=O) groups excluding carboxylic acids is 1. The van der Waals surface area contributed by atoms with Crippen LogP contribution in [0.4, 0.5) is 13.2 Å². The van der Waals surface area contributed by atoms with Crippen molar-refractivity contribution in [2.45, 2.75) is 25.9 Å². The highest BCUT2D eigenvalue weighted by Gasteiger charge is 2.31. The quantitative estimate of drug-likeness (QED) is 0.748. The molecule has 1 amide bonds. The predicted octanol–water partition coefficient (Wildman–Crippen LogP) is 2.39. The van der Waals surface area contributed by atoms with Crippen LogP contribution in [0.2, 0.25) is 0 Å². The van der Waals surface area contributed by atoms with Crippen LogP contribution in [0.15, 0.2) is 36.9 Å². The molecule has 1 heterocycles. The second kappa shape index (κ2) is 9.05. The summed E-state index contributed by atoms with van der Waals surface area (Å²) in [5.74, 6) is -0.232. The molecule has 1 fully saturated rings. The molecule has 1 aromatic carbocycles. The fourth-order valence-electron chi connectivity index (χ4n) is 2.85. The van der Waals surface area contributed by atoms with Gasteiger partial charge in [0, 0.05) is 39.3 Å². The molecular formula is C18H24F3N3O2. The first-order valence-electron chi connectivity index (χ1n) is 8.48. The van der Waals surface area contributed by atoms with E-state index in [0.29, 0.717) is 13.1 Å². The van der Waals surface area contributed by atoms with Crippen LogP contribution in [0.3, 0.4) is 0 Å². The minimum atomic E-state index is -4.67. The minimum Gasteiger partial charge on any atom is -0.406 e. The second-order valence-electron chi connectivity index (χ2n) is 6.21. The Kier molecular flexibility index (Phi) is 7.05. The van der Waals surface area contributed by atoms with E-state index in [1.54, 1.807) is 18.2 Å². The van der Waals surface area contributed by atoms with Gasteiger partial charge in [0.25, 0.3) is 0 Å². The van der Waals surface area contributed by atoms with Gasteiger partial charge in [-0.1, -0.05) is 18.2 Å². The number of benzene rings is 1. The lowest BCUT2D eigenvalue weighted by Crippen LogP contribution is -2.53. The highest BCUT2D eigenvalue weighted by atomic mass is 19.4. The maximum absolute atomic E-state index is 12.2. The number of amides is 1. The lowest BCUT2D eigenvalue weighted by atomic mass is 10.1. The number of alkyl halides is 3. The average molecular weight is 371 g/mol. The molecule has 1 unspecified atom stereocenters. The molecule has 0 radical (unpaired) electrons. The molecule has 1 aliphatic heterocycles. The zero-order chi connectivity index (χ0) is 19.2. The van der Waals surface area contributed by atoms with Crippen LogP contribution in [0.5, 0.6) is 5.75 Å². The van der Waals surface area contributed by atoms with Crippen molar-refractivity contribution in [1.29, 1.82) is 0 Å². The molecule has 0 aromatic heterocycles. The van der Waals surface area contributed by atoms with Gasteiger partial charge in [0.1, 0.15) is 5.75 Å². The highest BCUT2D eigenvalue weighted by Crippen LogP contribution is 2.23. The monoisotopic (exact) mass is 371 g/mol. The van der Waals surface area contributed by atoms with Crippen molar-refractivity contribution < 1.29 is 22.7 Å². The van der Waals surface area contributed by atoms with E-state index < -0.39 is 6.36 Å². The summed E-state index contributed by atoms with van der Waals surface area (Å²) in [5.41, 5.74) is 0.921. The maximum Gasteiger partial charge on any atom is 0.573 e. The Bertz CT molecular complexity index is 597. The zero-order valence-corrected chi connectivity index (χ0v) is 14.8. The van der Waals surface area contributed by atoms with Gasteiger partial charge >= 0.3 is 6.36 Å². The third-order valence-corrected chi connectivity index (χ3v) is 4.32. The SMILES string of the molecule is C=CCNC(=O)C(C)N1CCN(Cc2ccc(OC(F)(F)F)cc2)CC1. The first-order valence-corrected chi connectivity index (χ1v) is 8.48. The Morgan fingerprint density at radius 1 is 1.27 bits per heavy atom. The average Bonchev–Trinajstić information content (AvgIpc) is 2.60. The van der Waals surface area contributed by atoms with E-state index in [1.165, 1.54) is 12.1 Å². The summed E-state index contributed by atoms with van der Waals surface area (Å²) >= 11 is 0. The van der Waals surface area contributed by atoms with Crippen LogP contribution >= 0.6 is 0 Å². The molecule has 1 atom stereocenters. The number of ether oxygens (including phenoxy) is 1. The molecule has 1 aromatic rings. The standard InChI is InChI=1S/C18H24F3N3O2/c1-3-8-22-17(25)14(2)24-11-9-23(10-12-24)13-15-4-6-16(7-5-15)26-18(19,20)21/h3-7,14H,1,8-13H2,2H3,(H,22,25). The molecular weight excluding hydrogens is 347 g/mol. The lowest BCUT2D eigenvalue weighted by molar-refractivity contribution is -0.274. The van der Waals surface area contributed by atoms with Crippen molar-refractivity contribution in [3.05, 3.63) is 42.5 Å². The van der Waals surface area contributed by atoms with Gasteiger partial charge in [-0.15, -0.1) is 19.8 Å². The molecule has 5 nitrogen and oxygen atoms in total. The molecule has 0 bridgehead atoms. The van der Waals surface area contributed by atoms with Crippen molar-refractivity contribution in [2.75, 3.05) is 32.7 Å². The smallest absolute Gasteiger partial charge is 0.406 e. The minimum absolute atomic E-state index is 0.0152. The second-order valence-corrected chi connectivity index (χ2v) is 6.21. The van der Waals surface area contributed by atoms with Crippen LogP contribution in [-0.4, -0.2) is 60.8 Å². The van der Waals surface area contributed by atoms with Gasteiger partial charge in [-0.05, 0) is 24.6 Å². The predicted molar refractivity (Wildman–Crippen MR) is 92.6 cm³/mol. The van der Waals surface area contributed by atoms with E-state index >= 15 is 0 Å². The summed E-state index contributed by atoms with van der Waals surface area (Å²) in [4.78, 5) is 16.3. The number of carbonyl (C=O) groups is 1. The first kappa shape index (κ1) is 20.3. The summed E-state index contributed by atoms with van der Waals surface area (Å²) in [6, 6.07) is 5.73. The van der Waals surface area contributed by atoms with Crippen LogP contribution in [-0.2, 0) is 11.3 Å². The highest BCUT2D eigenvalue weighted by molar-refractivity contribution is 5.81. The molecule has 1 aliphatic rings. The number of nitrogens with zero attached hydrogens (tertiary/aromatic N) is 2. The van der Waals surface area contributed by atoms with Gasteiger partial charge in [-0.25, -0.2) is 0 Å². The largest absolute Gasteiger partial charge is 0.573 e. The van der Waals surface area contributed by atoms with Crippen LogP contribution in [0, 0.1) is 0 Å². The number of hydrogen-bond donors (Lipinski definition) is 1. The first-order chi connectivity index (χ1) is 12.3. The summed E-state index contributed by atoms with van der Waals surface area (Å²) < 4.78 is 40.4. The van der Waals surface area contributed by atoms with E-state index in [1.807, 2.05) is 6.92 Å². The Balaban J connectivity index is 1.79. The van der Waals surface area contributed by atoms with Crippen LogP contribution in [0.25, 0.3) is 0 Å². The van der Waals surface area contributed by atoms with Gasteiger partial charge in [0.05, 0.1) is 6.04 Å². The summed E-state index contributed by atoms with van der Waals surface area (Å²) in [6.45, 7) is 9.67. The molecule has 0 saturated carbocycles. The summed E-state index contributed by atoms with van der Waals surface area (Å²) in [6.07, 6.45) is -3.03. The van der Waals surface area contributed by atoms with Crippen molar-refractivity contribution in [1.82, 2.24) is 15.1 Å². The molecule has 0 spiro atoms. The Labute approximate surface area is 151 Å². The van der Waals surface area contributed by atoms with Gasteiger partial charge in [0.2, 0.25) is 5.91 Å². The van der Waals surface area contributed by atoms with E-state index in [9.17, 15) is 18.0 Å². The third-order valence-electron chi connectivity index (χ3n) is 4.32. The van der Waals surface area contributed by atoms with Crippen molar-refractivity contribution in [3.8, 4) is 5.75 Å². The van der Waals surface area contributed by atoms with Crippen LogP contribution in [0.1, 0.15) is 12.5 Å². The van der Waals surface area contributed by atoms with Crippen LogP contribution < -0.4 is 10.1 Å². The summed E-state index contributed by atoms with van der Waals surface area (Å²) in [5, 5.41) is 2.80. The molecule has 1 saturated heterocycles. The van der Waals surface area contributed by atoms with Crippen molar-refractivity contribution >= 4 is 5.91 Å². The normalized spacial score (nSPS) is 17.5. The molecule has 1 N–H and O–H groups in total.